The fourth-order valence-corrected chi connectivity index (χ4v) is 2.03. The standard InChI is InChI=1S/C12H16N2O3/c1-9-4-3-5-10(14(15)16)11(9)13-12(2)6-7-17-8-12/h3-5,13H,6-8H2,1-2H3. The summed E-state index contributed by atoms with van der Waals surface area (Å²) in [6.45, 7) is 5.17. The van der Waals surface area contributed by atoms with Crippen LogP contribution in [0.5, 0.6) is 0 Å². The van der Waals surface area contributed by atoms with Crippen molar-refractivity contribution in [3.8, 4) is 0 Å². The highest BCUT2D eigenvalue weighted by Crippen LogP contribution is 2.32. The largest absolute Gasteiger partial charge is 0.379 e. The van der Waals surface area contributed by atoms with Crippen LogP contribution in [-0.2, 0) is 4.74 Å². The van der Waals surface area contributed by atoms with Crippen molar-refractivity contribution in [3.05, 3.63) is 33.9 Å². The van der Waals surface area contributed by atoms with Gasteiger partial charge in [-0.3, -0.25) is 10.1 Å². The first kappa shape index (κ1) is 11.9. The molecule has 2 rings (SSSR count). The van der Waals surface area contributed by atoms with E-state index in [-0.39, 0.29) is 16.1 Å². The fraction of sp³-hybridized carbons (Fsp3) is 0.500. The molecule has 1 heterocycles. The molecule has 0 aliphatic carbocycles. The second-order valence-corrected chi connectivity index (χ2v) is 4.71. The van der Waals surface area contributed by atoms with Gasteiger partial charge in [-0.05, 0) is 25.8 Å². The van der Waals surface area contributed by atoms with Crippen LogP contribution in [0.4, 0.5) is 11.4 Å². The van der Waals surface area contributed by atoms with Gasteiger partial charge < -0.3 is 10.1 Å². The van der Waals surface area contributed by atoms with E-state index in [2.05, 4.69) is 5.32 Å². The summed E-state index contributed by atoms with van der Waals surface area (Å²) in [4.78, 5) is 10.6. The number of hydrogen-bond donors (Lipinski definition) is 1. The zero-order valence-electron chi connectivity index (χ0n) is 10.0. The van der Waals surface area contributed by atoms with Crippen LogP contribution < -0.4 is 5.32 Å². The Labute approximate surface area is 99.9 Å². The monoisotopic (exact) mass is 236 g/mol. The van der Waals surface area contributed by atoms with E-state index in [1.807, 2.05) is 19.9 Å². The van der Waals surface area contributed by atoms with Crippen LogP contribution in [0.15, 0.2) is 18.2 Å². The smallest absolute Gasteiger partial charge is 0.292 e. The number of nitrogens with zero attached hydrogens (tertiary/aromatic N) is 1. The first-order chi connectivity index (χ1) is 8.02. The number of aryl methyl sites for hydroxylation is 1. The third kappa shape index (κ3) is 2.39. The number of rotatable bonds is 3. The topological polar surface area (TPSA) is 64.4 Å². The van der Waals surface area contributed by atoms with Crippen LogP contribution in [-0.4, -0.2) is 23.7 Å². The molecule has 0 spiro atoms. The number of nitro groups is 1. The normalized spacial score (nSPS) is 23.6. The molecule has 1 atom stereocenters. The number of nitrogens with one attached hydrogen (secondary N) is 1. The lowest BCUT2D eigenvalue weighted by Crippen LogP contribution is -2.35. The summed E-state index contributed by atoms with van der Waals surface area (Å²) in [6.07, 6.45) is 0.860. The molecule has 1 aromatic rings. The van der Waals surface area contributed by atoms with Crippen LogP contribution >= 0.6 is 0 Å². The van der Waals surface area contributed by atoms with Gasteiger partial charge in [0, 0.05) is 12.7 Å². The lowest BCUT2D eigenvalue weighted by molar-refractivity contribution is -0.384. The predicted octanol–water partition coefficient (Wildman–Crippen LogP) is 2.49. The number of anilines is 1. The molecule has 5 heteroatoms. The summed E-state index contributed by atoms with van der Waals surface area (Å²) in [7, 11) is 0. The van der Waals surface area contributed by atoms with E-state index in [0.717, 1.165) is 12.0 Å². The molecule has 17 heavy (non-hydrogen) atoms. The van der Waals surface area contributed by atoms with Crippen molar-refractivity contribution >= 4 is 11.4 Å². The van der Waals surface area contributed by atoms with Crippen LogP contribution in [0, 0.1) is 17.0 Å². The van der Waals surface area contributed by atoms with Gasteiger partial charge in [0.15, 0.2) is 0 Å². The Balaban J connectivity index is 2.34. The van der Waals surface area contributed by atoms with E-state index >= 15 is 0 Å². The minimum absolute atomic E-state index is 0.123. The molecule has 5 nitrogen and oxygen atoms in total. The average Bonchev–Trinajstić information content (AvgIpc) is 2.68. The predicted molar refractivity (Wildman–Crippen MR) is 65.3 cm³/mol. The Kier molecular flexibility index (Phi) is 3.02. The molecule has 1 aliphatic rings. The third-order valence-electron chi connectivity index (χ3n) is 3.09. The van der Waals surface area contributed by atoms with E-state index in [1.165, 1.54) is 6.07 Å². The molecule has 0 bridgehead atoms. The number of ether oxygens (including phenoxy) is 1. The van der Waals surface area contributed by atoms with Crippen molar-refractivity contribution in [3.63, 3.8) is 0 Å². The Morgan fingerprint density at radius 2 is 2.29 bits per heavy atom. The van der Waals surface area contributed by atoms with Crippen molar-refractivity contribution in [1.82, 2.24) is 0 Å². The molecule has 0 amide bonds. The molecule has 1 unspecified atom stereocenters. The van der Waals surface area contributed by atoms with Crippen molar-refractivity contribution in [2.45, 2.75) is 25.8 Å². The summed E-state index contributed by atoms with van der Waals surface area (Å²) >= 11 is 0. The first-order valence-electron chi connectivity index (χ1n) is 5.62. The molecule has 0 radical (unpaired) electrons. The van der Waals surface area contributed by atoms with Crippen molar-refractivity contribution < 1.29 is 9.66 Å². The fourth-order valence-electron chi connectivity index (χ4n) is 2.03. The highest BCUT2D eigenvalue weighted by Gasteiger charge is 2.32. The molecular formula is C12H16N2O3. The molecule has 1 saturated heterocycles. The van der Waals surface area contributed by atoms with Crippen LogP contribution in [0.2, 0.25) is 0 Å². The van der Waals surface area contributed by atoms with Gasteiger partial charge in [-0.1, -0.05) is 12.1 Å². The minimum Gasteiger partial charge on any atom is -0.379 e. The molecular weight excluding hydrogens is 220 g/mol. The van der Waals surface area contributed by atoms with Gasteiger partial charge in [-0.2, -0.15) is 0 Å². The Morgan fingerprint density at radius 1 is 1.53 bits per heavy atom. The summed E-state index contributed by atoms with van der Waals surface area (Å²) in [6, 6.07) is 5.09. The highest BCUT2D eigenvalue weighted by molar-refractivity contribution is 5.67. The van der Waals surface area contributed by atoms with Gasteiger partial charge in [-0.15, -0.1) is 0 Å². The zero-order chi connectivity index (χ0) is 12.5. The lowest BCUT2D eigenvalue weighted by atomic mass is 10.00. The number of nitro benzene ring substituents is 1. The lowest BCUT2D eigenvalue weighted by Gasteiger charge is -2.25. The second kappa shape index (κ2) is 4.33. The van der Waals surface area contributed by atoms with Crippen LogP contribution in [0.3, 0.4) is 0 Å². The minimum atomic E-state index is -0.353. The van der Waals surface area contributed by atoms with E-state index in [1.54, 1.807) is 6.07 Å². The van der Waals surface area contributed by atoms with Crippen LogP contribution in [0.1, 0.15) is 18.9 Å². The molecule has 1 aliphatic heterocycles. The maximum atomic E-state index is 11.0. The first-order valence-corrected chi connectivity index (χ1v) is 5.62. The Morgan fingerprint density at radius 3 is 2.88 bits per heavy atom. The maximum absolute atomic E-state index is 11.0. The maximum Gasteiger partial charge on any atom is 0.292 e. The average molecular weight is 236 g/mol. The number of para-hydroxylation sites is 1. The van der Waals surface area contributed by atoms with Gasteiger partial charge in [0.05, 0.1) is 17.1 Å². The number of hydrogen-bond acceptors (Lipinski definition) is 4. The van der Waals surface area contributed by atoms with Crippen LogP contribution in [0.25, 0.3) is 0 Å². The summed E-state index contributed by atoms with van der Waals surface area (Å²) in [5.74, 6) is 0. The summed E-state index contributed by atoms with van der Waals surface area (Å²) in [5.41, 5.74) is 1.40. The molecule has 0 aromatic heterocycles. The quantitative estimate of drug-likeness (QED) is 0.647. The van der Waals surface area contributed by atoms with E-state index < -0.39 is 0 Å². The van der Waals surface area contributed by atoms with Gasteiger partial charge in [0.2, 0.25) is 0 Å². The molecule has 92 valence electrons. The van der Waals surface area contributed by atoms with Crippen molar-refractivity contribution in [1.29, 1.82) is 0 Å². The molecule has 0 saturated carbocycles. The van der Waals surface area contributed by atoms with Gasteiger partial charge in [0.25, 0.3) is 5.69 Å². The molecule has 1 N–H and O–H groups in total. The Hall–Kier alpha value is -1.62. The van der Waals surface area contributed by atoms with E-state index in [4.69, 9.17) is 4.74 Å². The highest BCUT2D eigenvalue weighted by atomic mass is 16.6. The summed E-state index contributed by atoms with van der Waals surface area (Å²) < 4.78 is 5.34. The molecule has 1 aromatic carbocycles. The Bertz CT molecular complexity index is 439. The van der Waals surface area contributed by atoms with Gasteiger partial charge >= 0.3 is 0 Å². The second-order valence-electron chi connectivity index (χ2n) is 4.71. The summed E-state index contributed by atoms with van der Waals surface area (Å²) in [5, 5.41) is 14.3. The van der Waals surface area contributed by atoms with Crippen molar-refractivity contribution in [2.24, 2.45) is 0 Å². The zero-order valence-corrected chi connectivity index (χ0v) is 10.0. The third-order valence-corrected chi connectivity index (χ3v) is 3.09. The van der Waals surface area contributed by atoms with E-state index in [9.17, 15) is 10.1 Å². The van der Waals surface area contributed by atoms with Gasteiger partial charge in [-0.25, -0.2) is 0 Å². The SMILES string of the molecule is Cc1cccc([N+](=O)[O-])c1NC1(C)CCOC1. The van der Waals surface area contributed by atoms with Gasteiger partial charge in [0.1, 0.15) is 5.69 Å². The van der Waals surface area contributed by atoms with E-state index in [0.29, 0.717) is 18.9 Å². The van der Waals surface area contributed by atoms with Crippen molar-refractivity contribution in [2.75, 3.05) is 18.5 Å². The molecule has 1 fully saturated rings. The number of benzene rings is 1.